The van der Waals surface area contributed by atoms with Gasteiger partial charge in [0, 0.05) is 80.0 Å². The highest BCUT2D eigenvalue weighted by molar-refractivity contribution is 7.91. The van der Waals surface area contributed by atoms with Gasteiger partial charge in [-0.15, -0.1) is 0 Å². The van der Waals surface area contributed by atoms with E-state index >= 15 is 4.39 Å². The fourth-order valence-corrected chi connectivity index (χ4v) is 8.65. The zero-order chi connectivity index (χ0) is 39.8. The predicted octanol–water partition coefficient (Wildman–Crippen LogP) is 6.16. The molecule has 5 heterocycles. The molecule has 12 nitrogen and oxygen atoms in total. The third-order valence-corrected chi connectivity index (χ3v) is 11.7. The summed E-state index contributed by atoms with van der Waals surface area (Å²) < 4.78 is 92.6. The van der Waals surface area contributed by atoms with Crippen LogP contribution in [0.3, 0.4) is 0 Å². The molecule has 0 unspecified atom stereocenters. The van der Waals surface area contributed by atoms with Crippen LogP contribution in [0.1, 0.15) is 38.7 Å². The molecule has 0 aliphatic carbocycles. The Hall–Kier alpha value is -5.26. The van der Waals surface area contributed by atoms with Crippen LogP contribution in [0.25, 0.3) is 22.2 Å². The number of rotatable bonds is 10. The molecule has 2 atom stereocenters. The maximum absolute atomic E-state index is 15.4. The van der Waals surface area contributed by atoms with E-state index in [0.717, 1.165) is 16.7 Å². The summed E-state index contributed by atoms with van der Waals surface area (Å²) in [4.78, 5) is 41.4. The van der Waals surface area contributed by atoms with Crippen molar-refractivity contribution in [2.45, 2.75) is 67.7 Å². The van der Waals surface area contributed by atoms with Crippen molar-refractivity contribution >= 4 is 44.0 Å². The first-order chi connectivity index (χ1) is 26.7. The summed E-state index contributed by atoms with van der Waals surface area (Å²) in [6, 6.07) is 10.9. The zero-order valence-corrected chi connectivity index (χ0v) is 31.3. The van der Waals surface area contributed by atoms with Gasteiger partial charge in [-0.1, -0.05) is 6.07 Å². The van der Waals surface area contributed by atoms with Crippen LogP contribution in [0, 0.1) is 11.7 Å². The molecule has 3 aromatic heterocycles. The van der Waals surface area contributed by atoms with Crippen molar-refractivity contribution in [3.8, 4) is 11.1 Å². The Labute approximate surface area is 319 Å². The van der Waals surface area contributed by atoms with Crippen LogP contribution in [0.2, 0.25) is 0 Å². The fraction of sp³-hybridized carbons (Fsp3) is 0.359. The van der Waals surface area contributed by atoms with Crippen molar-refractivity contribution in [3.05, 3.63) is 94.9 Å². The van der Waals surface area contributed by atoms with Gasteiger partial charge in [0.1, 0.15) is 11.5 Å². The van der Waals surface area contributed by atoms with Crippen LogP contribution in [0.5, 0.6) is 0 Å². The number of halogens is 4. The molecule has 56 heavy (non-hydrogen) atoms. The molecular formula is C39H39F4N7O5S. The van der Waals surface area contributed by atoms with Gasteiger partial charge in [-0.3, -0.25) is 19.1 Å². The number of piperazine rings is 1. The number of nitrogens with one attached hydrogen (secondary N) is 2. The number of nitrogens with zero attached hydrogens (tertiary/aromatic N) is 5. The smallest absolute Gasteiger partial charge is 0.381 e. The number of fused-ring (bicyclic) bond motifs is 1. The molecule has 2 fully saturated rings. The summed E-state index contributed by atoms with van der Waals surface area (Å²) >= 11 is 0. The van der Waals surface area contributed by atoms with Crippen LogP contribution in [-0.4, -0.2) is 72.1 Å². The molecule has 0 bridgehead atoms. The Morgan fingerprint density at radius 3 is 2.36 bits per heavy atom. The van der Waals surface area contributed by atoms with Gasteiger partial charge in [-0.05, 0) is 86.7 Å². The number of hydrogen-bond acceptors (Lipinski definition) is 11. The van der Waals surface area contributed by atoms with Gasteiger partial charge < -0.3 is 20.3 Å². The highest BCUT2D eigenvalue weighted by Gasteiger charge is 2.36. The maximum atomic E-state index is 15.4. The minimum absolute atomic E-state index is 0.00506. The lowest BCUT2D eigenvalue weighted by molar-refractivity contribution is -0.137. The summed E-state index contributed by atoms with van der Waals surface area (Å²) in [6.45, 7) is 5.76. The van der Waals surface area contributed by atoms with E-state index in [1.165, 1.54) is 42.9 Å². The first kappa shape index (κ1) is 39.0. The number of benzene rings is 2. The predicted molar refractivity (Wildman–Crippen MR) is 201 cm³/mol. The quantitative estimate of drug-likeness (QED) is 0.157. The van der Waals surface area contributed by atoms with E-state index in [1.54, 1.807) is 12.1 Å². The molecule has 2 aliphatic heterocycles. The van der Waals surface area contributed by atoms with Crippen LogP contribution in [0.15, 0.2) is 87.8 Å². The average molecular weight is 794 g/mol. The Balaban J connectivity index is 1.29. The summed E-state index contributed by atoms with van der Waals surface area (Å²) in [5.74, 6) is -0.856. The van der Waals surface area contributed by atoms with Gasteiger partial charge in [0.25, 0.3) is 5.56 Å². The molecule has 0 amide bonds. The summed E-state index contributed by atoms with van der Waals surface area (Å²) in [7, 11) is -4.38. The van der Waals surface area contributed by atoms with Crippen LogP contribution < -0.4 is 21.1 Å². The molecular weight excluding hydrogens is 755 g/mol. The van der Waals surface area contributed by atoms with Gasteiger partial charge in [-0.2, -0.15) is 18.2 Å². The molecule has 0 radical (unpaired) electrons. The van der Waals surface area contributed by atoms with E-state index < -0.39 is 55.5 Å². The lowest BCUT2D eigenvalue weighted by atomic mass is 9.94. The third kappa shape index (κ3) is 8.29. The molecule has 2 N–H and O–H groups in total. The normalized spacial score (nSPS) is 18.3. The second-order valence-corrected chi connectivity index (χ2v) is 16.2. The monoisotopic (exact) mass is 793 g/mol. The fourth-order valence-electron chi connectivity index (χ4n) is 7.38. The van der Waals surface area contributed by atoms with Crippen LogP contribution in [0.4, 0.5) is 34.9 Å². The lowest BCUT2D eigenvalue weighted by Crippen LogP contribution is -2.54. The van der Waals surface area contributed by atoms with Crippen molar-refractivity contribution in [3.63, 3.8) is 0 Å². The molecule has 2 saturated heterocycles. The van der Waals surface area contributed by atoms with E-state index in [1.807, 2.05) is 18.7 Å². The first-order valence-electron chi connectivity index (χ1n) is 18.1. The molecule has 2 aliphatic rings. The second kappa shape index (κ2) is 15.7. The van der Waals surface area contributed by atoms with Crippen molar-refractivity contribution in [1.82, 2.24) is 24.8 Å². The highest BCUT2D eigenvalue weighted by atomic mass is 32.2. The number of pyridine rings is 2. The number of carbonyl (C=O) groups is 1. The summed E-state index contributed by atoms with van der Waals surface area (Å²) in [6.07, 6.45) is 0.0195. The number of sulfone groups is 1. The van der Waals surface area contributed by atoms with Gasteiger partial charge >= 0.3 is 6.18 Å². The van der Waals surface area contributed by atoms with Gasteiger partial charge in [0.2, 0.25) is 15.8 Å². The summed E-state index contributed by atoms with van der Waals surface area (Å²) in [5, 5.41) is 6.49. The first-order valence-corrected chi connectivity index (χ1v) is 19.6. The zero-order valence-electron chi connectivity index (χ0n) is 30.5. The highest BCUT2D eigenvalue weighted by Crippen LogP contribution is 2.39. The number of carbonyl (C=O) groups excluding carboxylic acids is 1. The molecule has 294 valence electrons. The topological polar surface area (TPSA) is 148 Å². The Morgan fingerprint density at radius 1 is 0.964 bits per heavy atom. The van der Waals surface area contributed by atoms with E-state index in [0.29, 0.717) is 56.6 Å². The number of alkyl halides is 3. The lowest BCUT2D eigenvalue weighted by Gasteiger charge is -2.37. The number of anilines is 3. The number of Topliss-reactive ketones (excluding diaryl/α,β-unsaturated/α-hetero) is 1. The maximum Gasteiger partial charge on any atom is 0.417 e. The Morgan fingerprint density at radius 2 is 1.68 bits per heavy atom. The number of ketones is 1. The minimum Gasteiger partial charge on any atom is -0.381 e. The van der Waals surface area contributed by atoms with E-state index in [2.05, 4.69) is 25.6 Å². The molecule has 2 aromatic carbocycles. The molecule has 7 rings (SSSR count). The average Bonchev–Trinajstić information content (AvgIpc) is 3.16. The standard InChI is InChI=1S/C39H39F4N7O5S/c1-23-20-49(21-24(2)46-23)35-6-3-27(17-34(35)40)47-38-45-19-26-16-32(37(52)50(36(26)48-38)22-28(51)15-25-9-13-55-14-10-25)31-5-4-30(18-33(31)39(41,42)43)56(53,54)29-7-11-44-12-8-29/h3-8,11-12,16-19,23-25,46H,9-10,13-15,20-22H2,1-2H3,(H,45,47,48)/t23-,24+. The number of aromatic nitrogens is 4. The molecule has 17 heteroatoms. The molecule has 5 aromatic rings. The Bertz CT molecular complexity index is 2430. The number of hydrogen-bond donors (Lipinski definition) is 2. The second-order valence-electron chi connectivity index (χ2n) is 14.3. The van der Waals surface area contributed by atoms with Crippen LogP contribution in [-0.2, 0) is 32.1 Å². The van der Waals surface area contributed by atoms with Crippen molar-refractivity contribution < 1.29 is 35.5 Å². The van der Waals surface area contributed by atoms with Crippen LogP contribution >= 0.6 is 0 Å². The number of ether oxygens (including phenoxy) is 1. The van der Waals surface area contributed by atoms with Gasteiger partial charge in [0.15, 0.2) is 5.78 Å². The molecule has 0 saturated carbocycles. The SMILES string of the molecule is C[C@@H]1CN(c2ccc(Nc3ncc4cc(-c5ccc(S(=O)(=O)c6ccncc6)cc5C(F)(F)F)c(=O)n(CC(=O)CC5CCOCC5)c4n3)cc2F)C[C@H](C)N1. The van der Waals surface area contributed by atoms with Crippen molar-refractivity contribution in [2.24, 2.45) is 5.92 Å². The van der Waals surface area contributed by atoms with E-state index in [-0.39, 0.29) is 52.1 Å². The van der Waals surface area contributed by atoms with Crippen molar-refractivity contribution in [1.29, 1.82) is 0 Å². The van der Waals surface area contributed by atoms with E-state index in [4.69, 9.17) is 4.74 Å². The van der Waals surface area contributed by atoms with Crippen molar-refractivity contribution in [2.75, 3.05) is 36.5 Å². The summed E-state index contributed by atoms with van der Waals surface area (Å²) in [5.41, 5.74) is -2.64. The largest absolute Gasteiger partial charge is 0.417 e. The third-order valence-electron chi connectivity index (χ3n) is 9.98. The Kier molecular flexibility index (Phi) is 10.9. The minimum atomic E-state index is -5.08. The molecule has 0 spiro atoms. The van der Waals surface area contributed by atoms with Gasteiger partial charge in [-0.25, -0.2) is 17.8 Å². The van der Waals surface area contributed by atoms with E-state index in [9.17, 15) is 31.2 Å². The van der Waals surface area contributed by atoms with Gasteiger partial charge in [0.05, 0.1) is 27.6 Å².